The first kappa shape index (κ1) is 20.2. The van der Waals surface area contributed by atoms with Gasteiger partial charge in [-0.3, -0.25) is 14.4 Å². The Hall–Kier alpha value is -3.52. The first-order valence-corrected chi connectivity index (χ1v) is 9.51. The lowest BCUT2D eigenvalue weighted by molar-refractivity contribution is -0.122. The van der Waals surface area contributed by atoms with Crippen molar-refractivity contribution in [2.45, 2.75) is 6.04 Å². The van der Waals surface area contributed by atoms with E-state index in [1.54, 1.807) is 29.6 Å². The Labute approximate surface area is 170 Å². The molecule has 8 heteroatoms. The first-order chi connectivity index (χ1) is 13.9. The van der Waals surface area contributed by atoms with Gasteiger partial charge < -0.3 is 16.0 Å². The zero-order valence-corrected chi connectivity index (χ0v) is 16.3. The molecule has 0 saturated heterocycles. The summed E-state index contributed by atoms with van der Waals surface area (Å²) in [5.41, 5.74) is 6.57. The van der Waals surface area contributed by atoms with Crippen LogP contribution in [0.4, 0.5) is 10.1 Å². The molecule has 0 aliphatic rings. The quantitative estimate of drug-likeness (QED) is 0.651. The van der Waals surface area contributed by atoms with Crippen LogP contribution in [0.5, 0.6) is 0 Å². The van der Waals surface area contributed by atoms with Crippen molar-refractivity contribution in [1.82, 2.24) is 4.90 Å². The normalized spacial score (nSPS) is 11.5. The highest BCUT2D eigenvalue weighted by Crippen LogP contribution is 2.23. The number of amides is 3. The van der Waals surface area contributed by atoms with E-state index in [2.05, 4.69) is 5.32 Å². The minimum Gasteiger partial charge on any atom is -0.368 e. The number of nitrogens with two attached hydrogens (primary N) is 1. The van der Waals surface area contributed by atoms with Crippen molar-refractivity contribution < 1.29 is 18.8 Å². The van der Waals surface area contributed by atoms with Crippen LogP contribution < -0.4 is 11.1 Å². The molecule has 0 spiro atoms. The number of hydrogen-bond acceptors (Lipinski definition) is 4. The maximum atomic E-state index is 13.5. The fraction of sp³-hybridized carbons (Fsp3) is 0.0952. The highest BCUT2D eigenvalue weighted by atomic mass is 32.1. The molecule has 0 fully saturated rings. The van der Waals surface area contributed by atoms with Crippen LogP contribution in [0, 0.1) is 5.82 Å². The fourth-order valence-corrected chi connectivity index (χ4v) is 3.49. The van der Waals surface area contributed by atoms with E-state index in [0.717, 1.165) is 4.90 Å². The number of carbonyl (C=O) groups is 3. The molecule has 3 aromatic rings. The highest BCUT2D eigenvalue weighted by Gasteiger charge is 2.27. The van der Waals surface area contributed by atoms with Crippen LogP contribution in [0.25, 0.3) is 0 Å². The molecular weight excluding hydrogens is 393 g/mol. The maximum Gasteiger partial charge on any atom is 0.265 e. The van der Waals surface area contributed by atoms with E-state index < -0.39 is 23.7 Å². The lowest BCUT2D eigenvalue weighted by Crippen LogP contribution is -2.39. The minimum atomic E-state index is -1.11. The van der Waals surface area contributed by atoms with Gasteiger partial charge in [-0.2, -0.15) is 0 Å². The van der Waals surface area contributed by atoms with Gasteiger partial charge in [0, 0.05) is 18.3 Å². The summed E-state index contributed by atoms with van der Waals surface area (Å²) in [6.07, 6.45) is 0. The summed E-state index contributed by atoms with van der Waals surface area (Å²) >= 11 is 1.32. The molecule has 3 N–H and O–H groups in total. The van der Waals surface area contributed by atoms with E-state index in [-0.39, 0.29) is 11.5 Å². The monoisotopic (exact) mass is 411 g/mol. The molecule has 3 amide bonds. The van der Waals surface area contributed by atoms with Crippen molar-refractivity contribution in [2.24, 2.45) is 5.73 Å². The zero-order valence-electron chi connectivity index (χ0n) is 15.5. The number of benzene rings is 2. The molecular formula is C21H18FN3O3S. The van der Waals surface area contributed by atoms with Gasteiger partial charge in [0.05, 0.1) is 4.88 Å². The van der Waals surface area contributed by atoms with E-state index in [0.29, 0.717) is 16.1 Å². The van der Waals surface area contributed by atoms with Gasteiger partial charge >= 0.3 is 0 Å². The minimum absolute atomic E-state index is 0.240. The third-order valence-corrected chi connectivity index (χ3v) is 5.14. The van der Waals surface area contributed by atoms with Crippen molar-refractivity contribution in [3.63, 3.8) is 0 Å². The second kappa shape index (κ2) is 8.66. The zero-order chi connectivity index (χ0) is 21.0. The number of halogens is 1. The molecule has 6 nitrogen and oxygen atoms in total. The third kappa shape index (κ3) is 4.67. The van der Waals surface area contributed by atoms with Gasteiger partial charge in [0.25, 0.3) is 11.8 Å². The Balaban J connectivity index is 1.76. The first-order valence-electron chi connectivity index (χ1n) is 8.63. The number of nitrogens with zero attached hydrogens (tertiary/aromatic N) is 1. The van der Waals surface area contributed by atoms with Crippen LogP contribution in [0.1, 0.15) is 31.6 Å². The van der Waals surface area contributed by atoms with Crippen LogP contribution in [-0.4, -0.2) is 29.7 Å². The lowest BCUT2D eigenvalue weighted by atomic mass is 10.0. The molecule has 1 atom stereocenters. The summed E-state index contributed by atoms with van der Waals surface area (Å²) in [4.78, 5) is 38.6. The van der Waals surface area contributed by atoms with Crippen LogP contribution in [-0.2, 0) is 4.79 Å². The third-order valence-electron chi connectivity index (χ3n) is 4.28. The summed E-state index contributed by atoms with van der Waals surface area (Å²) in [6.45, 7) is 0. The van der Waals surface area contributed by atoms with E-state index in [1.807, 2.05) is 0 Å². The molecule has 0 bridgehead atoms. The van der Waals surface area contributed by atoms with Crippen LogP contribution in [0.15, 0.2) is 66.0 Å². The molecule has 29 heavy (non-hydrogen) atoms. The smallest absolute Gasteiger partial charge is 0.265 e. The van der Waals surface area contributed by atoms with Gasteiger partial charge in [-0.05, 0) is 53.4 Å². The second-order valence-corrected chi connectivity index (χ2v) is 7.23. The largest absolute Gasteiger partial charge is 0.368 e. The number of hydrogen-bond donors (Lipinski definition) is 2. The number of thiophene rings is 1. The van der Waals surface area contributed by atoms with Gasteiger partial charge in [-0.1, -0.05) is 18.2 Å². The summed E-state index contributed by atoms with van der Waals surface area (Å²) in [7, 11) is 1.43. The number of nitrogens with one attached hydrogen (secondary N) is 1. The molecule has 1 unspecified atom stereocenters. The molecule has 0 aliphatic carbocycles. The lowest BCUT2D eigenvalue weighted by Gasteiger charge is -2.26. The Morgan fingerprint density at radius 1 is 1.07 bits per heavy atom. The number of likely N-dealkylation sites (N-methyl/N-ethyl adjacent to an activating group) is 1. The van der Waals surface area contributed by atoms with Crippen LogP contribution >= 0.6 is 11.3 Å². The summed E-state index contributed by atoms with van der Waals surface area (Å²) in [5, 5.41) is 4.55. The predicted molar refractivity (Wildman–Crippen MR) is 109 cm³/mol. The SMILES string of the molecule is CN(C(=O)c1ccc(NC(=O)c2cccs2)cc1)C(C(N)=O)c1cccc(F)c1. The topological polar surface area (TPSA) is 92.5 Å². The Morgan fingerprint density at radius 2 is 1.79 bits per heavy atom. The van der Waals surface area contributed by atoms with Gasteiger partial charge in [0.2, 0.25) is 5.91 Å². The maximum absolute atomic E-state index is 13.5. The van der Waals surface area contributed by atoms with Gasteiger partial charge in [-0.25, -0.2) is 4.39 Å². The van der Waals surface area contributed by atoms with Gasteiger partial charge in [-0.15, -0.1) is 11.3 Å². The molecule has 148 valence electrons. The number of anilines is 1. The molecule has 0 radical (unpaired) electrons. The molecule has 2 aromatic carbocycles. The number of primary amides is 1. The summed E-state index contributed by atoms with van der Waals surface area (Å²) in [5.74, 6) is -2.00. The van der Waals surface area contributed by atoms with Crippen LogP contribution in [0.2, 0.25) is 0 Å². The number of carbonyl (C=O) groups excluding carboxylic acids is 3. The van der Waals surface area contributed by atoms with Crippen molar-refractivity contribution in [1.29, 1.82) is 0 Å². The molecule has 0 saturated carbocycles. The van der Waals surface area contributed by atoms with Crippen molar-refractivity contribution in [3.8, 4) is 0 Å². The van der Waals surface area contributed by atoms with E-state index >= 15 is 0 Å². The summed E-state index contributed by atoms with van der Waals surface area (Å²) in [6, 6.07) is 14.0. The summed E-state index contributed by atoms with van der Waals surface area (Å²) < 4.78 is 13.5. The van der Waals surface area contributed by atoms with Crippen LogP contribution in [0.3, 0.4) is 0 Å². The van der Waals surface area contributed by atoms with Crippen molar-refractivity contribution in [3.05, 3.63) is 87.9 Å². The standard InChI is InChI=1S/C21H18FN3O3S/c1-25(18(19(23)26)14-4-2-5-15(22)12-14)21(28)13-7-9-16(10-8-13)24-20(27)17-6-3-11-29-17/h2-12,18H,1H3,(H2,23,26)(H,24,27). The molecule has 1 heterocycles. The average molecular weight is 411 g/mol. The Kier molecular flexibility index (Phi) is 6.04. The molecule has 1 aromatic heterocycles. The van der Waals surface area contributed by atoms with E-state index in [4.69, 9.17) is 5.73 Å². The fourth-order valence-electron chi connectivity index (χ4n) is 2.87. The van der Waals surface area contributed by atoms with Crippen molar-refractivity contribution in [2.75, 3.05) is 12.4 Å². The highest BCUT2D eigenvalue weighted by molar-refractivity contribution is 7.12. The molecule has 0 aliphatic heterocycles. The predicted octanol–water partition coefficient (Wildman–Crippen LogP) is 3.44. The van der Waals surface area contributed by atoms with Gasteiger partial charge in [0.1, 0.15) is 11.9 Å². The van der Waals surface area contributed by atoms with Gasteiger partial charge in [0.15, 0.2) is 0 Å². The van der Waals surface area contributed by atoms with Crippen molar-refractivity contribution >= 4 is 34.7 Å². The second-order valence-electron chi connectivity index (χ2n) is 6.28. The molecule has 3 rings (SSSR count). The Bertz CT molecular complexity index is 1040. The Morgan fingerprint density at radius 3 is 2.38 bits per heavy atom. The average Bonchev–Trinajstić information content (AvgIpc) is 3.23. The van der Waals surface area contributed by atoms with E-state index in [9.17, 15) is 18.8 Å². The van der Waals surface area contributed by atoms with E-state index in [1.165, 1.54) is 54.8 Å². The number of rotatable bonds is 6.